The Morgan fingerprint density at radius 3 is 1.53 bits per heavy atom. The molecule has 0 bridgehead atoms. The number of carbonyl (C=O) groups is 3. The van der Waals surface area contributed by atoms with Gasteiger partial charge in [0.15, 0.2) is 0 Å². The average Bonchev–Trinajstić information content (AvgIpc) is 2.87. The molecule has 0 N–H and O–H groups in total. The zero-order valence-corrected chi connectivity index (χ0v) is 18.5. The summed E-state index contributed by atoms with van der Waals surface area (Å²) in [5.41, 5.74) is 0.977. The minimum absolute atomic E-state index is 0.255. The molecule has 3 aromatic rings. The summed E-state index contributed by atoms with van der Waals surface area (Å²) in [6.07, 6.45) is -3.49. The van der Waals surface area contributed by atoms with Crippen molar-refractivity contribution in [1.29, 1.82) is 0 Å². The second kappa shape index (κ2) is 10.8. The molecule has 0 radical (unpaired) electrons. The minimum Gasteiger partial charge on any atom is -0.454 e. The number of esters is 3. The molecule has 7 nitrogen and oxygen atoms in total. The lowest BCUT2D eigenvalue weighted by atomic mass is 10.0. The van der Waals surface area contributed by atoms with E-state index in [1.807, 2.05) is 0 Å². The van der Waals surface area contributed by atoms with E-state index in [-0.39, 0.29) is 6.42 Å². The Morgan fingerprint density at radius 1 is 0.647 bits per heavy atom. The molecule has 0 aliphatic carbocycles. The average molecular weight is 460 g/mol. The van der Waals surface area contributed by atoms with Crippen LogP contribution in [0.4, 0.5) is 0 Å². The molecular weight excluding hydrogens is 436 g/mol. The van der Waals surface area contributed by atoms with Gasteiger partial charge in [0.1, 0.15) is 6.10 Å². The van der Waals surface area contributed by atoms with Gasteiger partial charge in [-0.15, -0.1) is 0 Å². The van der Waals surface area contributed by atoms with Crippen LogP contribution in [0.15, 0.2) is 91.0 Å². The van der Waals surface area contributed by atoms with Gasteiger partial charge in [0.2, 0.25) is 12.4 Å². The quantitative estimate of drug-likeness (QED) is 0.397. The summed E-state index contributed by atoms with van der Waals surface area (Å²) in [5, 5.41) is 0. The van der Waals surface area contributed by atoms with Gasteiger partial charge in [0.25, 0.3) is 0 Å². The molecule has 1 saturated heterocycles. The first-order valence-electron chi connectivity index (χ1n) is 10.9. The maximum absolute atomic E-state index is 12.8. The second-order valence-electron chi connectivity index (χ2n) is 7.87. The minimum atomic E-state index is -1.27. The van der Waals surface area contributed by atoms with Gasteiger partial charge in [0, 0.05) is 6.42 Å². The molecule has 1 aliphatic rings. The van der Waals surface area contributed by atoms with Gasteiger partial charge >= 0.3 is 17.9 Å². The molecule has 0 unspecified atom stereocenters. The van der Waals surface area contributed by atoms with E-state index in [9.17, 15) is 14.4 Å². The first-order valence-corrected chi connectivity index (χ1v) is 10.9. The highest BCUT2D eigenvalue weighted by Crippen LogP contribution is 2.28. The number of carbonyl (C=O) groups excluding carboxylic acids is 3. The van der Waals surface area contributed by atoms with Crippen molar-refractivity contribution >= 4 is 17.9 Å². The third-order valence-electron chi connectivity index (χ3n) is 5.32. The molecule has 0 amide bonds. The molecule has 4 atom stereocenters. The molecule has 0 aromatic heterocycles. The summed E-state index contributed by atoms with van der Waals surface area (Å²) in [6.45, 7) is 1.77. The lowest BCUT2D eigenvalue weighted by molar-refractivity contribution is -0.241. The van der Waals surface area contributed by atoms with Gasteiger partial charge in [-0.05, 0) is 43.3 Å². The summed E-state index contributed by atoms with van der Waals surface area (Å²) in [5.74, 6) is -1.87. The van der Waals surface area contributed by atoms with Crippen LogP contribution < -0.4 is 0 Å². The van der Waals surface area contributed by atoms with E-state index < -0.39 is 42.5 Å². The highest BCUT2D eigenvalue weighted by atomic mass is 16.7. The Morgan fingerprint density at radius 2 is 1.06 bits per heavy atom. The maximum atomic E-state index is 12.8. The Bertz CT molecular complexity index is 1050. The van der Waals surface area contributed by atoms with E-state index in [4.69, 9.17) is 18.9 Å². The van der Waals surface area contributed by atoms with E-state index in [0.717, 1.165) is 0 Å². The van der Waals surface area contributed by atoms with Crippen LogP contribution in [0.25, 0.3) is 0 Å². The summed E-state index contributed by atoms with van der Waals surface area (Å²) in [7, 11) is 0. The van der Waals surface area contributed by atoms with Crippen LogP contribution in [0, 0.1) is 0 Å². The van der Waals surface area contributed by atoms with Crippen LogP contribution in [0.1, 0.15) is 44.4 Å². The maximum Gasteiger partial charge on any atom is 0.340 e. The number of rotatable bonds is 6. The topological polar surface area (TPSA) is 88.1 Å². The lowest BCUT2D eigenvalue weighted by Crippen LogP contribution is -2.53. The zero-order valence-electron chi connectivity index (χ0n) is 18.5. The van der Waals surface area contributed by atoms with Crippen LogP contribution in [0.5, 0.6) is 0 Å². The largest absolute Gasteiger partial charge is 0.454 e. The van der Waals surface area contributed by atoms with Crippen LogP contribution in [-0.4, -0.2) is 42.5 Å². The van der Waals surface area contributed by atoms with E-state index >= 15 is 0 Å². The van der Waals surface area contributed by atoms with Gasteiger partial charge < -0.3 is 18.9 Å². The summed E-state index contributed by atoms with van der Waals surface area (Å²) in [6, 6.07) is 25.3. The number of hydrogen-bond acceptors (Lipinski definition) is 7. The third kappa shape index (κ3) is 5.68. The van der Waals surface area contributed by atoms with Crippen LogP contribution in [0.2, 0.25) is 0 Å². The second-order valence-corrected chi connectivity index (χ2v) is 7.87. The number of hydrogen-bond donors (Lipinski definition) is 0. The molecule has 1 heterocycles. The van der Waals surface area contributed by atoms with Gasteiger partial charge in [-0.3, -0.25) is 0 Å². The predicted octanol–water partition coefficient (Wildman–Crippen LogP) is 4.43. The molecule has 1 aliphatic heterocycles. The lowest BCUT2D eigenvalue weighted by Gasteiger charge is -2.38. The molecule has 0 saturated carbocycles. The van der Waals surface area contributed by atoms with Crippen LogP contribution >= 0.6 is 0 Å². The molecule has 4 rings (SSSR count). The van der Waals surface area contributed by atoms with Crippen molar-refractivity contribution in [2.45, 2.75) is 37.9 Å². The number of benzene rings is 3. The standard InChI is InChI=1S/C27H24O7/c1-18-17-22(32-24(28)19-11-5-2-6-12-19)23(33-25(29)20-13-7-3-8-14-20)27(31-18)34-26(30)21-15-9-4-10-16-21/h2-16,18,22-23,27H,17H2,1H3/t18-,22+,23+,27-/m1/s1. The fourth-order valence-corrected chi connectivity index (χ4v) is 3.63. The zero-order chi connectivity index (χ0) is 23.9. The first-order chi connectivity index (χ1) is 16.5. The highest BCUT2D eigenvalue weighted by Gasteiger charge is 2.45. The third-order valence-corrected chi connectivity index (χ3v) is 5.32. The summed E-state index contributed by atoms with van der Waals surface area (Å²) in [4.78, 5) is 38.3. The van der Waals surface area contributed by atoms with Gasteiger partial charge in [-0.2, -0.15) is 0 Å². The van der Waals surface area contributed by atoms with E-state index in [0.29, 0.717) is 16.7 Å². The van der Waals surface area contributed by atoms with E-state index in [1.165, 1.54) is 0 Å². The van der Waals surface area contributed by atoms with Crippen molar-refractivity contribution in [1.82, 2.24) is 0 Å². The molecule has 3 aromatic carbocycles. The Kier molecular flexibility index (Phi) is 7.34. The fourth-order valence-electron chi connectivity index (χ4n) is 3.63. The van der Waals surface area contributed by atoms with Crippen molar-refractivity contribution in [3.8, 4) is 0 Å². The molecule has 7 heteroatoms. The van der Waals surface area contributed by atoms with Crippen molar-refractivity contribution in [3.63, 3.8) is 0 Å². The first kappa shape index (κ1) is 23.2. The smallest absolute Gasteiger partial charge is 0.340 e. The predicted molar refractivity (Wildman–Crippen MR) is 122 cm³/mol. The van der Waals surface area contributed by atoms with Crippen molar-refractivity contribution in [2.75, 3.05) is 0 Å². The van der Waals surface area contributed by atoms with Crippen molar-refractivity contribution in [3.05, 3.63) is 108 Å². The van der Waals surface area contributed by atoms with Crippen LogP contribution in [0.3, 0.4) is 0 Å². The highest BCUT2D eigenvalue weighted by molar-refractivity contribution is 5.91. The van der Waals surface area contributed by atoms with Gasteiger partial charge in [0.05, 0.1) is 22.8 Å². The Labute approximate surface area is 197 Å². The molecule has 0 spiro atoms. The molecule has 174 valence electrons. The summed E-state index contributed by atoms with van der Waals surface area (Å²) >= 11 is 0. The normalized spacial score (nSPS) is 21.8. The Hall–Kier alpha value is -3.97. The van der Waals surface area contributed by atoms with Gasteiger partial charge in [-0.1, -0.05) is 54.6 Å². The van der Waals surface area contributed by atoms with Crippen molar-refractivity contribution in [2.24, 2.45) is 0 Å². The molecule has 1 fully saturated rings. The fraction of sp³-hybridized carbons (Fsp3) is 0.222. The van der Waals surface area contributed by atoms with E-state index in [2.05, 4.69) is 0 Å². The monoisotopic (exact) mass is 460 g/mol. The summed E-state index contributed by atoms with van der Waals surface area (Å²) < 4.78 is 22.9. The molecular formula is C27H24O7. The number of ether oxygens (including phenoxy) is 4. The van der Waals surface area contributed by atoms with E-state index in [1.54, 1.807) is 97.9 Å². The van der Waals surface area contributed by atoms with Crippen molar-refractivity contribution < 1.29 is 33.3 Å². The molecule has 34 heavy (non-hydrogen) atoms. The van der Waals surface area contributed by atoms with Gasteiger partial charge in [-0.25, -0.2) is 14.4 Å². The Balaban J connectivity index is 1.58. The SMILES string of the molecule is C[C@@H]1C[C@H](OC(=O)c2ccccc2)[C@H](OC(=O)c2ccccc2)[C@@H](OC(=O)c2ccccc2)O1. The van der Waals surface area contributed by atoms with Crippen LogP contribution in [-0.2, 0) is 18.9 Å².